The number of hydrogen-bond donors (Lipinski definition) is 2. The Morgan fingerprint density at radius 2 is 1.96 bits per heavy atom. The van der Waals surface area contributed by atoms with E-state index in [4.69, 9.17) is 5.26 Å². The molecule has 0 bridgehead atoms. The molecule has 0 spiro atoms. The van der Waals surface area contributed by atoms with Gasteiger partial charge in [0.05, 0.1) is 16.8 Å². The summed E-state index contributed by atoms with van der Waals surface area (Å²) in [6, 6.07) is 11.6. The minimum Gasteiger partial charge on any atom is -0.380 e. The highest BCUT2D eigenvalue weighted by Gasteiger charge is 2.31. The number of nitriles is 1. The molecule has 0 aromatic heterocycles. The van der Waals surface area contributed by atoms with Crippen molar-refractivity contribution in [2.24, 2.45) is 0 Å². The van der Waals surface area contributed by atoms with Gasteiger partial charge in [-0.3, -0.25) is 4.79 Å². The minimum absolute atomic E-state index is 0.0882. The minimum atomic E-state index is -4.49. The smallest absolute Gasteiger partial charge is 0.380 e. The molecule has 2 aromatic rings. The average molecular weight is 347 g/mol. The number of nitrogens with zero attached hydrogens (tertiary/aromatic N) is 1. The van der Waals surface area contributed by atoms with Crippen LogP contribution in [0.4, 0.5) is 18.9 Å². The lowest BCUT2D eigenvalue weighted by atomic mass is 10.1. The molecule has 0 atom stereocenters. The molecule has 1 amide bonds. The van der Waals surface area contributed by atoms with Gasteiger partial charge in [0.25, 0.3) is 5.91 Å². The molecule has 0 fully saturated rings. The van der Waals surface area contributed by atoms with Gasteiger partial charge in [0.1, 0.15) is 6.07 Å². The van der Waals surface area contributed by atoms with E-state index in [2.05, 4.69) is 10.6 Å². The van der Waals surface area contributed by atoms with Crippen LogP contribution in [-0.4, -0.2) is 12.5 Å². The lowest BCUT2D eigenvalue weighted by Crippen LogP contribution is -2.22. The highest BCUT2D eigenvalue weighted by Crippen LogP contribution is 2.31. The van der Waals surface area contributed by atoms with Crippen LogP contribution in [0.5, 0.6) is 0 Å². The predicted molar refractivity (Wildman–Crippen MR) is 87.9 cm³/mol. The van der Waals surface area contributed by atoms with E-state index >= 15 is 0 Å². The number of benzene rings is 2. The summed E-state index contributed by atoms with van der Waals surface area (Å²) in [5.74, 6) is -0.198. The van der Waals surface area contributed by atoms with Crippen molar-refractivity contribution >= 4 is 11.6 Å². The maximum atomic E-state index is 12.7. The molecular weight excluding hydrogens is 331 g/mol. The number of alkyl halides is 3. The highest BCUT2D eigenvalue weighted by atomic mass is 19.4. The van der Waals surface area contributed by atoms with E-state index in [1.165, 1.54) is 6.07 Å². The molecule has 25 heavy (non-hydrogen) atoms. The van der Waals surface area contributed by atoms with Gasteiger partial charge in [0.15, 0.2) is 0 Å². The van der Waals surface area contributed by atoms with Crippen molar-refractivity contribution in [1.29, 1.82) is 5.26 Å². The molecular formula is C18H16F3N3O. The Balaban J connectivity index is 2.15. The first-order chi connectivity index (χ1) is 11.8. The molecule has 0 saturated carbocycles. The second-order valence-corrected chi connectivity index (χ2v) is 5.28. The van der Waals surface area contributed by atoms with Crippen molar-refractivity contribution in [3.63, 3.8) is 0 Å². The Hall–Kier alpha value is -3.01. The molecule has 0 saturated heterocycles. The zero-order valence-electron chi connectivity index (χ0n) is 13.4. The van der Waals surface area contributed by atoms with Crippen LogP contribution in [0.1, 0.15) is 34.0 Å². The van der Waals surface area contributed by atoms with Gasteiger partial charge in [-0.2, -0.15) is 18.4 Å². The van der Waals surface area contributed by atoms with Crippen LogP contribution >= 0.6 is 0 Å². The summed E-state index contributed by atoms with van der Waals surface area (Å²) in [5.41, 5.74) is 0.614. The van der Waals surface area contributed by atoms with Crippen molar-refractivity contribution in [2.75, 3.05) is 11.9 Å². The van der Waals surface area contributed by atoms with Gasteiger partial charge in [-0.15, -0.1) is 0 Å². The molecule has 0 radical (unpaired) electrons. The van der Waals surface area contributed by atoms with Gasteiger partial charge in [0.2, 0.25) is 0 Å². The van der Waals surface area contributed by atoms with Crippen LogP contribution in [-0.2, 0) is 12.7 Å². The molecule has 0 unspecified atom stereocenters. The molecule has 2 aromatic carbocycles. The van der Waals surface area contributed by atoms with Crippen LogP contribution in [0.2, 0.25) is 0 Å². The van der Waals surface area contributed by atoms with Crippen LogP contribution in [0.25, 0.3) is 0 Å². The van der Waals surface area contributed by atoms with Crippen molar-refractivity contribution in [2.45, 2.75) is 19.6 Å². The Bertz CT molecular complexity index is 810. The first kappa shape index (κ1) is 18.3. The summed E-state index contributed by atoms with van der Waals surface area (Å²) in [5, 5.41) is 14.7. The molecule has 7 heteroatoms. The third-order valence-corrected chi connectivity index (χ3v) is 3.48. The number of rotatable bonds is 5. The Morgan fingerprint density at radius 1 is 1.20 bits per heavy atom. The number of nitrogens with one attached hydrogen (secondary N) is 2. The summed E-state index contributed by atoms with van der Waals surface area (Å²) >= 11 is 0. The molecule has 0 aliphatic rings. The molecule has 2 rings (SSSR count). The van der Waals surface area contributed by atoms with Gasteiger partial charge in [-0.05, 0) is 42.8 Å². The quantitative estimate of drug-likeness (QED) is 0.861. The van der Waals surface area contributed by atoms with E-state index in [0.717, 1.165) is 17.7 Å². The number of carbonyl (C=O) groups excluding carboxylic acids is 1. The van der Waals surface area contributed by atoms with Crippen LogP contribution < -0.4 is 10.6 Å². The molecule has 4 nitrogen and oxygen atoms in total. The summed E-state index contributed by atoms with van der Waals surface area (Å²) in [4.78, 5) is 11.8. The third kappa shape index (κ3) is 4.73. The number of amides is 1. The van der Waals surface area contributed by atoms with Crippen LogP contribution in [0, 0.1) is 11.3 Å². The fourth-order valence-electron chi connectivity index (χ4n) is 2.25. The van der Waals surface area contributed by atoms with E-state index in [1.807, 2.05) is 6.92 Å². The lowest BCUT2D eigenvalue weighted by molar-refractivity contribution is -0.137. The van der Waals surface area contributed by atoms with E-state index in [9.17, 15) is 18.0 Å². The van der Waals surface area contributed by atoms with Crippen LogP contribution in [0.15, 0.2) is 42.5 Å². The van der Waals surface area contributed by atoms with Crippen molar-refractivity contribution < 1.29 is 18.0 Å². The first-order valence-corrected chi connectivity index (χ1v) is 7.57. The molecule has 0 aliphatic carbocycles. The zero-order valence-corrected chi connectivity index (χ0v) is 13.4. The Labute approximate surface area is 143 Å². The average Bonchev–Trinajstić information content (AvgIpc) is 2.59. The standard InChI is InChI=1S/C18H16F3N3O/c1-2-23-17(25)13-5-3-4-12(8-13)11-24-16-7-6-15(18(19,20)21)9-14(16)10-22/h3-9,24H,2,11H2,1H3,(H,23,25). The van der Waals surface area contributed by atoms with Gasteiger partial charge >= 0.3 is 6.18 Å². The van der Waals surface area contributed by atoms with Crippen molar-refractivity contribution in [1.82, 2.24) is 5.32 Å². The third-order valence-electron chi connectivity index (χ3n) is 3.48. The molecule has 130 valence electrons. The summed E-state index contributed by atoms with van der Waals surface area (Å²) in [6.07, 6.45) is -4.49. The number of halogens is 3. The predicted octanol–water partition coefficient (Wildman–Crippen LogP) is 3.94. The molecule has 0 heterocycles. The van der Waals surface area contributed by atoms with Crippen LogP contribution in [0.3, 0.4) is 0 Å². The highest BCUT2D eigenvalue weighted by molar-refractivity contribution is 5.94. The second kappa shape index (κ2) is 7.71. The van der Waals surface area contributed by atoms with Gasteiger partial charge in [-0.1, -0.05) is 12.1 Å². The van der Waals surface area contributed by atoms with Crippen molar-refractivity contribution in [3.8, 4) is 6.07 Å². The Kier molecular flexibility index (Phi) is 5.65. The monoisotopic (exact) mass is 347 g/mol. The molecule has 2 N–H and O–H groups in total. The van der Waals surface area contributed by atoms with Gasteiger partial charge in [0, 0.05) is 18.7 Å². The molecule has 0 aliphatic heterocycles. The van der Waals surface area contributed by atoms with Gasteiger partial charge < -0.3 is 10.6 Å². The number of hydrogen-bond acceptors (Lipinski definition) is 3. The SMILES string of the molecule is CCNC(=O)c1cccc(CNc2ccc(C(F)(F)F)cc2C#N)c1. The summed E-state index contributed by atoms with van der Waals surface area (Å²) in [6.45, 7) is 2.60. The maximum absolute atomic E-state index is 12.7. The second-order valence-electron chi connectivity index (χ2n) is 5.28. The summed E-state index contributed by atoms with van der Waals surface area (Å²) < 4.78 is 38.1. The fourth-order valence-corrected chi connectivity index (χ4v) is 2.25. The normalized spacial score (nSPS) is 10.8. The topological polar surface area (TPSA) is 64.9 Å². The van der Waals surface area contributed by atoms with E-state index in [1.54, 1.807) is 30.3 Å². The van der Waals surface area contributed by atoms with E-state index < -0.39 is 11.7 Å². The first-order valence-electron chi connectivity index (χ1n) is 7.57. The Morgan fingerprint density at radius 3 is 2.60 bits per heavy atom. The number of anilines is 1. The summed E-state index contributed by atoms with van der Waals surface area (Å²) in [7, 11) is 0. The lowest BCUT2D eigenvalue weighted by Gasteiger charge is -2.12. The largest absolute Gasteiger partial charge is 0.416 e. The van der Waals surface area contributed by atoms with E-state index in [0.29, 0.717) is 17.8 Å². The fraction of sp³-hybridized carbons (Fsp3) is 0.222. The zero-order chi connectivity index (χ0) is 18.4. The van der Waals surface area contributed by atoms with Gasteiger partial charge in [-0.25, -0.2) is 0 Å². The van der Waals surface area contributed by atoms with Crippen molar-refractivity contribution in [3.05, 3.63) is 64.7 Å². The van der Waals surface area contributed by atoms with E-state index in [-0.39, 0.29) is 18.0 Å². The number of carbonyl (C=O) groups is 1. The maximum Gasteiger partial charge on any atom is 0.416 e.